The first-order chi connectivity index (χ1) is 6.37. The van der Waals surface area contributed by atoms with E-state index in [2.05, 4.69) is 5.73 Å². The first-order valence-electron chi connectivity index (χ1n) is 3.19. The van der Waals surface area contributed by atoms with Gasteiger partial charge in [-0.2, -0.15) is 0 Å². The maximum absolute atomic E-state index is 12.6. The number of hydrogen-bond donors (Lipinski definition) is 1. The van der Waals surface area contributed by atoms with Gasteiger partial charge in [0.1, 0.15) is 5.56 Å². The maximum Gasteiger partial charge on any atom is 0.254 e. The summed E-state index contributed by atoms with van der Waals surface area (Å²) in [5, 5.41) is 0. The fraction of sp³-hybridized carbons (Fsp3) is 0. The maximum atomic E-state index is 12.6. The van der Waals surface area contributed by atoms with E-state index < -0.39 is 40.6 Å². The molecule has 7 heteroatoms. The summed E-state index contributed by atoms with van der Waals surface area (Å²) in [7, 11) is 0. The van der Waals surface area contributed by atoms with Crippen molar-refractivity contribution in [3.8, 4) is 0 Å². The molecule has 0 spiro atoms. The van der Waals surface area contributed by atoms with Crippen LogP contribution in [0.4, 0.5) is 22.0 Å². The summed E-state index contributed by atoms with van der Waals surface area (Å²) in [4.78, 5) is 10.3. The predicted molar refractivity (Wildman–Crippen MR) is 34.7 cm³/mol. The van der Waals surface area contributed by atoms with Crippen molar-refractivity contribution < 1.29 is 26.7 Å². The standard InChI is InChI=1S/C7H2F5NO/c8-2-1(7(13)14)3(9)5(11)6(12)4(2)10/h(H2,13,14). The lowest BCUT2D eigenvalue weighted by Gasteiger charge is -2.03. The first kappa shape index (κ1) is 10.4. The smallest absolute Gasteiger partial charge is 0.254 e. The second-order valence-electron chi connectivity index (χ2n) is 2.31. The molecule has 0 saturated heterocycles. The Labute approximate surface area is 74.1 Å². The summed E-state index contributed by atoms with van der Waals surface area (Å²) in [6.07, 6.45) is 0. The zero-order chi connectivity index (χ0) is 11.0. The van der Waals surface area contributed by atoms with Crippen LogP contribution in [0.1, 0.15) is 10.4 Å². The van der Waals surface area contributed by atoms with Gasteiger partial charge in [0.05, 0.1) is 0 Å². The van der Waals surface area contributed by atoms with E-state index >= 15 is 0 Å². The predicted octanol–water partition coefficient (Wildman–Crippen LogP) is 1.48. The van der Waals surface area contributed by atoms with Gasteiger partial charge in [-0.1, -0.05) is 0 Å². The van der Waals surface area contributed by atoms with Gasteiger partial charge in [0.15, 0.2) is 23.3 Å². The van der Waals surface area contributed by atoms with E-state index in [4.69, 9.17) is 0 Å². The van der Waals surface area contributed by atoms with Crippen molar-refractivity contribution in [2.45, 2.75) is 0 Å². The fourth-order valence-electron chi connectivity index (χ4n) is 0.821. The Morgan fingerprint density at radius 1 is 0.786 bits per heavy atom. The minimum absolute atomic E-state index is 1.64. The number of amides is 1. The van der Waals surface area contributed by atoms with Crippen molar-refractivity contribution in [1.29, 1.82) is 0 Å². The summed E-state index contributed by atoms with van der Waals surface area (Å²) in [6.45, 7) is 0. The lowest BCUT2D eigenvalue weighted by molar-refractivity contribution is 0.0989. The molecule has 0 radical (unpaired) electrons. The average molecular weight is 211 g/mol. The molecule has 1 aromatic rings. The monoisotopic (exact) mass is 211 g/mol. The number of primary amides is 1. The molecule has 0 saturated carbocycles. The number of hydrogen-bond acceptors (Lipinski definition) is 1. The molecule has 14 heavy (non-hydrogen) atoms. The molecule has 0 fully saturated rings. The molecule has 0 bridgehead atoms. The highest BCUT2D eigenvalue weighted by Gasteiger charge is 2.28. The Balaban J connectivity index is 3.68. The van der Waals surface area contributed by atoms with E-state index in [-0.39, 0.29) is 0 Å². The van der Waals surface area contributed by atoms with Crippen molar-refractivity contribution in [2.24, 2.45) is 5.73 Å². The highest BCUT2D eigenvalue weighted by atomic mass is 19.2. The Morgan fingerprint density at radius 2 is 1.07 bits per heavy atom. The van der Waals surface area contributed by atoms with Crippen LogP contribution < -0.4 is 5.73 Å². The lowest BCUT2D eigenvalue weighted by Crippen LogP contribution is -2.19. The average Bonchev–Trinajstić information content (AvgIpc) is 2.11. The SMILES string of the molecule is NC(=O)c1c(F)c(F)c(F)c(F)c1F. The zero-order valence-corrected chi connectivity index (χ0v) is 6.38. The highest BCUT2D eigenvalue weighted by Crippen LogP contribution is 2.22. The molecular formula is C7H2F5NO. The topological polar surface area (TPSA) is 43.1 Å². The molecule has 0 aliphatic heterocycles. The second kappa shape index (κ2) is 3.24. The van der Waals surface area contributed by atoms with Gasteiger partial charge in [-0.15, -0.1) is 0 Å². The fourth-order valence-corrected chi connectivity index (χ4v) is 0.821. The molecular weight excluding hydrogens is 209 g/mol. The second-order valence-corrected chi connectivity index (χ2v) is 2.31. The van der Waals surface area contributed by atoms with Crippen molar-refractivity contribution in [1.82, 2.24) is 0 Å². The van der Waals surface area contributed by atoms with Gasteiger partial charge in [-0.3, -0.25) is 4.79 Å². The Hall–Kier alpha value is -1.66. The normalized spacial score (nSPS) is 10.4. The van der Waals surface area contributed by atoms with E-state index in [0.29, 0.717) is 0 Å². The van der Waals surface area contributed by atoms with E-state index in [9.17, 15) is 26.7 Å². The first-order valence-corrected chi connectivity index (χ1v) is 3.19. The molecule has 76 valence electrons. The van der Waals surface area contributed by atoms with Crippen LogP contribution in [0, 0.1) is 29.1 Å². The number of benzene rings is 1. The van der Waals surface area contributed by atoms with Crippen LogP contribution in [0.15, 0.2) is 0 Å². The molecule has 0 heterocycles. The van der Waals surface area contributed by atoms with Gasteiger partial charge >= 0.3 is 0 Å². The van der Waals surface area contributed by atoms with Gasteiger partial charge in [-0.25, -0.2) is 22.0 Å². The third-order valence-electron chi connectivity index (χ3n) is 1.46. The summed E-state index contributed by atoms with van der Waals surface area (Å²) >= 11 is 0. The van der Waals surface area contributed by atoms with Crippen molar-refractivity contribution in [3.05, 3.63) is 34.6 Å². The molecule has 0 aliphatic carbocycles. The van der Waals surface area contributed by atoms with Gasteiger partial charge in [0, 0.05) is 0 Å². The number of carbonyl (C=O) groups is 1. The Morgan fingerprint density at radius 3 is 1.36 bits per heavy atom. The summed E-state index contributed by atoms with van der Waals surface area (Å²) in [6, 6.07) is 0. The summed E-state index contributed by atoms with van der Waals surface area (Å²) in [5.74, 6) is -12.9. The number of halogens is 5. The van der Waals surface area contributed by atoms with Crippen LogP contribution in [0.5, 0.6) is 0 Å². The van der Waals surface area contributed by atoms with E-state index in [1.165, 1.54) is 0 Å². The minimum atomic E-state index is -2.33. The number of rotatable bonds is 1. The van der Waals surface area contributed by atoms with E-state index in [1.807, 2.05) is 0 Å². The molecule has 1 amide bonds. The van der Waals surface area contributed by atoms with Gasteiger partial charge < -0.3 is 5.73 Å². The molecule has 0 unspecified atom stereocenters. The zero-order valence-electron chi connectivity index (χ0n) is 6.38. The van der Waals surface area contributed by atoms with Crippen LogP contribution in [0.3, 0.4) is 0 Å². The van der Waals surface area contributed by atoms with Crippen molar-refractivity contribution in [2.75, 3.05) is 0 Å². The molecule has 0 aliphatic rings. The number of carbonyl (C=O) groups excluding carboxylic acids is 1. The van der Waals surface area contributed by atoms with Crippen molar-refractivity contribution in [3.63, 3.8) is 0 Å². The van der Waals surface area contributed by atoms with Crippen LogP contribution in [0.25, 0.3) is 0 Å². The Bertz CT molecular complexity index is 388. The quantitative estimate of drug-likeness (QED) is 0.426. The molecule has 2 nitrogen and oxygen atoms in total. The molecule has 0 aromatic heterocycles. The Kier molecular flexibility index (Phi) is 2.41. The molecule has 1 aromatic carbocycles. The van der Waals surface area contributed by atoms with Crippen LogP contribution in [0.2, 0.25) is 0 Å². The van der Waals surface area contributed by atoms with Gasteiger partial charge in [-0.05, 0) is 0 Å². The summed E-state index contributed by atoms with van der Waals surface area (Å²) in [5.41, 5.74) is 2.79. The van der Waals surface area contributed by atoms with Crippen molar-refractivity contribution >= 4 is 5.91 Å². The molecule has 0 atom stereocenters. The van der Waals surface area contributed by atoms with Gasteiger partial charge in [0.25, 0.3) is 5.91 Å². The van der Waals surface area contributed by atoms with Gasteiger partial charge in [0.2, 0.25) is 5.82 Å². The third-order valence-corrected chi connectivity index (χ3v) is 1.46. The van der Waals surface area contributed by atoms with Crippen LogP contribution >= 0.6 is 0 Å². The minimum Gasteiger partial charge on any atom is -0.365 e. The third kappa shape index (κ3) is 1.30. The number of nitrogens with two attached hydrogens (primary N) is 1. The van der Waals surface area contributed by atoms with E-state index in [0.717, 1.165) is 0 Å². The highest BCUT2D eigenvalue weighted by molar-refractivity contribution is 5.93. The van der Waals surface area contributed by atoms with Crippen LogP contribution in [-0.4, -0.2) is 5.91 Å². The molecule has 1 rings (SSSR count). The van der Waals surface area contributed by atoms with E-state index in [1.54, 1.807) is 0 Å². The summed E-state index contributed by atoms with van der Waals surface area (Å²) < 4.78 is 62.4. The lowest BCUT2D eigenvalue weighted by atomic mass is 10.1. The largest absolute Gasteiger partial charge is 0.365 e. The molecule has 2 N–H and O–H groups in total. The van der Waals surface area contributed by atoms with Crippen LogP contribution in [-0.2, 0) is 0 Å².